The third kappa shape index (κ3) is 7.13. The number of aliphatic hydroxyl groups excluding tert-OH is 1. The summed E-state index contributed by atoms with van der Waals surface area (Å²) in [5, 5.41) is 18.3. The summed E-state index contributed by atoms with van der Waals surface area (Å²) in [6, 6.07) is 12.8. The lowest BCUT2D eigenvalue weighted by molar-refractivity contribution is 0.0368. The minimum atomic E-state index is -0.497. The molecular weight excluding hydrogens is 474 g/mol. The number of para-hydroxylation sites is 2. The van der Waals surface area contributed by atoms with Crippen molar-refractivity contribution in [1.29, 1.82) is 0 Å². The smallest absolute Gasteiger partial charge is 0.323 e. The Balaban J connectivity index is 1.95. The average molecular weight is 512 g/mol. The number of hydrogen-bond acceptors (Lipinski definition) is 5. The first kappa shape index (κ1) is 27.8. The van der Waals surface area contributed by atoms with Crippen molar-refractivity contribution in [2.45, 2.75) is 45.9 Å². The van der Waals surface area contributed by atoms with Gasteiger partial charge in [0, 0.05) is 31.2 Å². The number of anilines is 2. The van der Waals surface area contributed by atoms with Crippen molar-refractivity contribution < 1.29 is 24.2 Å². The number of aliphatic hydroxyl groups is 1. The molecule has 2 aromatic carbocycles. The fourth-order valence-corrected chi connectivity index (χ4v) is 4.08. The van der Waals surface area contributed by atoms with Gasteiger partial charge in [-0.2, -0.15) is 0 Å². The highest BCUT2D eigenvalue weighted by molar-refractivity contribution is 6.04. The summed E-state index contributed by atoms with van der Waals surface area (Å²) in [7, 11) is 1.68. The average Bonchev–Trinajstić information content (AvgIpc) is 2.86. The van der Waals surface area contributed by atoms with Gasteiger partial charge in [0.15, 0.2) is 5.75 Å². The standard InChI is InChI=1S/C27H37N5O5/c1-17(2)28-27(36)31(5)15-23-18(3)14-32(19(4)16-33)25(34)21-12-9-13-22(24(21)37-23)30-26(35)29-20-10-7-6-8-11-20/h6-13,17-19,23,33H,14-16H2,1-5H3,(H,28,36)(H2,29,30,35)/t18-,19-,23-/m1/s1. The quantitative estimate of drug-likeness (QED) is 0.452. The van der Waals surface area contributed by atoms with Crippen LogP contribution in [0.25, 0.3) is 0 Å². The van der Waals surface area contributed by atoms with Crippen molar-refractivity contribution in [3.8, 4) is 5.75 Å². The van der Waals surface area contributed by atoms with Crippen molar-refractivity contribution in [2.75, 3.05) is 37.4 Å². The minimum absolute atomic E-state index is 0.0243. The molecule has 0 radical (unpaired) electrons. The van der Waals surface area contributed by atoms with Gasteiger partial charge in [-0.15, -0.1) is 0 Å². The predicted octanol–water partition coefficient (Wildman–Crippen LogP) is 3.60. The number of urea groups is 2. The maximum atomic E-state index is 13.6. The van der Waals surface area contributed by atoms with Gasteiger partial charge in [-0.3, -0.25) is 4.79 Å². The number of fused-ring (bicyclic) bond motifs is 1. The van der Waals surface area contributed by atoms with Crippen LogP contribution in [0, 0.1) is 5.92 Å². The van der Waals surface area contributed by atoms with E-state index in [0.29, 0.717) is 17.9 Å². The van der Waals surface area contributed by atoms with E-state index in [1.807, 2.05) is 39.0 Å². The molecule has 0 unspecified atom stereocenters. The molecule has 0 saturated heterocycles. The zero-order valence-electron chi connectivity index (χ0n) is 22.0. The van der Waals surface area contributed by atoms with Crippen LogP contribution in [0.15, 0.2) is 48.5 Å². The van der Waals surface area contributed by atoms with Gasteiger partial charge >= 0.3 is 12.1 Å². The number of nitrogens with one attached hydrogen (secondary N) is 3. The molecule has 1 aliphatic heterocycles. The second-order valence-corrected chi connectivity index (χ2v) is 9.73. The number of carbonyl (C=O) groups excluding carboxylic acids is 3. The van der Waals surface area contributed by atoms with E-state index in [1.54, 1.807) is 54.1 Å². The molecule has 10 heteroatoms. The SMILES string of the molecule is CC(C)NC(=O)N(C)C[C@H]1Oc2c(NC(=O)Nc3ccccc3)cccc2C(=O)N([C@H](C)CO)C[C@H]1C. The van der Waals surface area contributed by atoms with Crippen LogP contribution in [-0.2, 0) is 0 Å². The van der Waals surface area contributed by atoms with Crippen molar-refractivity contribution >= 4 is 29.3 Å². The predicted molar refractivity (Wildman–Crippen MR) is 143 cm³/mol. The highest BCUT2D eigenvalue weighted by Crippen LogP contribution is 2.35. The number of rotatable bonds is 7. The molecule has 5 amide bonds. The highest BCUT2D eigenvalue weighted by Gasteiger charge is 2.35. The molecule has 3 atom stereocenters. The molecule has 37 heavy (non-hydrogen) atoms. The maximum Gasteiger partial charge on any atom is 0.323 e. The zero-order valence-corrected chi connectivity index (χ0v) is 22.0. The van der Waals surface area contributed by atoms with Crippen LogP contribution in [0.5, 0.6) is 5.75 Å². The van der Waals surface area contributed by atoms with E-state index < -0.39 is 18.2 Å². The fourth-order valence-electron chi connectivity index (χ4n) is 4.08. The van der Waals surface area contributed by atoms with Crippen molar-refractivity contribution in [3.63, 3.8) is 0 Å². The number of ether oxygens (including phenoxy) is 1. The van der Waals surface area contributed by atoms with Crippen molar-refractivity contribution in [3.05, 3.63) is 54.1 Å². The minimum Gasteiger partial charge on any atom is -0.485 e. The molecule has 2 aromatic rings. The van der Waals surface area contributed by atoms with Crippen molar-refractivity contribution in [1.82, 2.24) is 15.1 Å². The summed E-state index contributed by atoms with van der Waals surface area (Å²) in [5.41, 5.74) is 1.20. The molecule has 0 saturated carbocycles. The molecule has 1 aliphatic rings. The number of benzene rings is 2. The summed E-state index contributed by atoms with van der Waals surface area (Å²) < 4.78 is 6.42. The molecule has 0 bridgehead atoms. The largest absolute Gasteiger partial charge is 0.485 e. The molecular formula is C27H37N5O5. The van der Waals surface area contributed by atoms with Gasteiger partial charge in [-0.05, 0) is 45.0 Å². The fraction of sp³-hybridized carbons (Fsp3) is 0.444. The summed E-state index contributed by atoms with van der Waals surface area (Å²) in [4.78, 5) is 42.1. The Morgan fingerprint density at radius 1 is 1.11 bits per heavy atom. The molecule has 3 rings (SSSR count). The molecule has 200 valence electrons. The lowest BCUT2D eigenvalue weighted by Gasteiger charge is -2.38. The molecule has 4 N–H and O–H groups in total. The van der Waals surface area contributed by atoms with Crippen LogP contribution in [0.1, 0.15) is 38.1 Å². The Morgan fingerprint density at radius 2 is 1.81 bits per heavy atom. The van der Waals surface area contributed by atoms with E-state index in [2.05, 4.69) is 16.0 Å². The van der Waals surface area contributed by atoms with Gasteiger partial charge < -0.3 is 35.6 Å². The van der Waals surface area contributed by atoms with Gasteiger partial charge in [-0.25, -0.2) is 9.59 Å². The van der Waals surface area contributed by atoms with Crippen LogP contribution < -0.4 is 20.7 Å². The molecule has 0 spiro atoms. The Labute approximate surface area is 218 Å². The van der Waals surface area contributed by atoms with E-state index in [4.69, 9.17) is 4.74 Å². The van der Waals surface area contributed by atoms with E-state index in [9.17, 15) is 19.5 Å². The first-order valence-corrected chi connectivity index (χ1v) is 12.5. The number of carbonyl (C=O) groups is 3. The molecule has 0 fully saturated rings. The topological polar surface area (TPSA) is 123 Å². The Hall–Kier alpha value is -3.79. The van der Waals surface area contributed by atoms with Crippen LogP contribution in [-0.4, -0.2) is 77.8 Å². The van der Waals surface area contributed by atoms with Gasteiger partial charge in [-0.1, -0.05) is 31.2 Å². The summed E-state index contributed by atoms with van der Waals surface area (Å²) in [6.07, 6.45) is -0.497. The van der Waals surface area contributed by atoms with Crippen LogP contribution in [0.4, 0.5) is 21.0 Å². The van der Waals surface area contributed by atoms with Gasteiger partial charge in [0.1, 0.15) is 6.10 Å². The zero-order chi connectivity index (χ0) is 27.1. The van der Waals surface area contributed by atoms with Gasteiger partial charge in [0.2, 0.25) is 0 Å². The third-order valence-corrected chi connectivity index (χ3v) is 6.18. The summed E-state index contributed by atoms with van der Waals surface area (Å²) in [5.74, 6) is -0.272. The monoisotopic (exact) mass is 511 g/mol. The number of amides is 5. The van der Waals surface area contributed by atoms with E-state index in [1.165, 1.54) is 0 Å². The molecule has 0 aliphatic carbocycles. The molecule has 0 aromatic heterocycles. The second-order valence-electron chi connectivity index (χ2n) is 9.73. The van der Waals surface area contributed by atoms with Gasteiger partial charge in [0.05, 0.1) is 30.4 Å². The molecule has 1 heterocycles. The second kappa shape index (κ2) is 12.4. The van der Waals surface area contributed by atoms with Crippen LogP contribution >= 0.6 is 0 Å². The lowest BCUT2D eigenvalue weighted by atomic mass is 9.99. The first-order valence-electron chi connectivity index (χ1n) is 12.5. The maximum absolute atomic E-state index is 13.6. The number of nitrogens with zero attached hydrogens (tertiary/aromatic N) is 2. The summed E-state index contributed by atoms with van der Waals surface area (Å²) >= 11 is 0. The molecule has 10 nitrogen and oxygen atoms in total. The number of hydrogen-bond donors (Lipinski definition) is 4. The lowest BCUT2D eigenvalue weighted by Crippen LogP contribution is -2.51. The van der Waals surface area contributed by atoms with E-state index in [-0.39, 0.29) is 48.4 Å². The van der Waals surface area contributed by atoms with Gasteiger partial charge in [0.25, 0.3) is 5.91 Å². The Bertz CT molecular complexity index is 1090. The Kier molecular flexibility index (Phi) is 9.35. The normalized spacial score (nSPS) is 18.1. The van der Waals surface area contributed by atoms with E-state index in [0.717, 1.165) is 0 Å². The third-order valence-electron chi connectivity index (χ3n) is 6.18. The Morgan fingerprint density at radius 3 is 2.46 bits per heavy atom. The highest BCUT2D eigenvalue weighted by atomic mass is 16.5. The van der Waals surface area contributed by atoms with Crippen LogP contribution in [0.2, 0.25) is 0 Å². The van der Waals surface area contributed by atoms with E-state index >= 15 is 0 Å². The van der Waals surface area contributed by atoms with Crippen LogP contribution in [0.3, 0.4) is 0 Å². The first-order chi connectivity index (χ1) is 17.6. The summed E-state index contributed by atoms with van der Waals surface area (Å²) in [6.45, 7) is 7.86. The van der Waals surface area contributed by atoms with Crippen molar-refractivity contribution in [2.24, 2.45) is 5.92 Å². The number of likely N-dealkylation sites (N-methyl/N-ethyl adjacent to an activating group) is 1.